The van der Waals surface area contributed by atoms with Gasteiger partial charge in [-0.25, -0.2) is 0 Å². The standard InChI is InChI=1S/C14H21ClN2/c1-3-10-7-8-13(9(10)2)17-14-11(15)5-4-6-12(14)16/h4-6,9-10,13,17H,3,7-8,16H2,1-2H3. The summed E-state index contributed by atoms with van der Waals surface area (Å²) in [5, 5.41) is 4.25. The van der Waals surface area contributed by atoms with Gasteiger partial charge in [0.2, 0.25) is 0 Å². The first-order chi connectivity index (χ1) is 8.13. The minimum absolute atomic E-state index is 0.502. The minimum Gasteiger partial charge on any atom is -0.397 e. The van der Waals surface area contributed by atoms with E-state index in [1.165, 1.54) is 19.3 Å². The monoisotopic (exact) mass is 252 g/mol. The molecule has 1 aliphatic carbocycles. The second-order valence-electron chi connectivity index (χ2n) is 5.06. The molecule has 2 rings (SSSR count). The largest absolute Gasteiger partial charge is 0.397 e. The molecule has 1 aliphatic rings. The third-order valence-electron chi connectivity index (χ3n) is 4.13. The van der Waals surface area contributed by atoms with Crippen molar-refractivity contribution in [1.82, 2.24) is 0 Å². The average Bonchev–Trinajstić information content (AvgIpc) is 2.65. The van der Waals surface area contributed by atoms with Crippen molar-refractivity contribution in [2.45, 2.75) is 39.2 Å². The van der Waals surface area contributed by atoms with Crippen LogP contribution >= 0.6 is 11.6 Å². The highest BCUT2D eigenvalue weighted by molar-refractivity contribution is 6.33. The van der Waals surface area contributed by atoms with Crippen molar-refractivity contribution in [2.75, 3.05) is 11.1 Å². The SMILES string of the molecule is CCC1CCC(Nc2c(N)cccc2Cl)C1C. The molecule has 0 amide bonds. The first-order valence-corrected chi connectivity index (χ1v) is 6.81. The van der Waals surface area contributed by atoms with Gasteiger partial charge in [-0.15, -0.1) is 0 Å². The Morgan fingerprint density at radius 2 is 2.18 bits per heavy atom. The Balaban J connectivity index is 2.12. The molecule has 1 saturated carbocycles. The maximum Gasteiger partial charge on any atom is 0.0765 e. The number of hydrogen-bond donors (Lipinski definition) is 2. The number of hydrogen-bond acceptors (Lipinski definition) is 2. The van der Waals surface area contributed by atoms with Crippen molar-refractivity contribution in [1.29, 1.82) is 0 Å². The Hall–Kier alpha value is -0.890. The molecule has 0 aromatic heterocycles. The van der Waals surface area contributed by atoms with Crippen molar-refractivity contribution in [2.24, 2.45) is 11.8 Å². The van der Waals surface area contributed by atoms with Crippen molar-refractivity contribution in [3.05, 3.63) is 23.2 Å². The van der Waals surface area contributed by atoms with Crippen LogP contribution in [0.25, 0.3) is 0 Å². The summed E-state index contributed by atoms with van der Waals surface area (Å²) in [5.74, 6) is 1.52. The average molecular weight is 253 g/mol. The van der Waals surface area contributed by atoms with E-state index < -0.39 is 0 Å². The Morgan fingerprint density at radius 3 is 2.76 bits per heavy atom. The summed E-state index contributed by atoms with van der Waals surface area (Å²) >= 11 is 6.18. The van der Waals surface area contributed by atoms with Crippen LogP contribution in [0.5, 0.6) is 0 Å². The fourth-order valence-electron chi connectivity index (χ4n) is 2.91. The van der Waals surface area contributed by atoms with Gasteiger partial charge >= 0.3 is 0 Å². The van der Waals surface area contributed by atoms with E-state index in [-0.39, 0.29) is 0 Å². The van der Waals surface area contributed by atoms with E-state index >= 15 is 0 Å². The van der Waals surface area contributed by atoms with Crippen LogP contribution in [-0.4, -0.2) is 6.04 Å². The number of nitrogen functional groups attached to an aromatic ring is 1. The lowest BCUT2D eigenvalue weighted by molar-refractivity contribution is 0.392. The Bertz CT molecular complexity index is 372. The summed E-state index contributed by atoms with van der Waals surface area (Å²) < 4.78 is 0. The highest BCUT2D eigenvalue weighted by Gasteiger charge is 2.31. The fourth-order valence-corrected chi connectivity index (χ4v) is 3.14. The van der Waals surface area contributed by atoms with Crippen LogP contribution in [0.15, 0.2) is 18.2 Å². The topological polar surface area (TPSA) is 38.0 Å². The van der Waals surface area contributed by atoms with Crippen LogP contribution in [0.2, 0.25) is 5.02 Å². The lowest BCUT2D eigenvalue weighted by Crippen LogP contribution is -2.25. The molecule has 0 saturated heterocycles. The van der Waals surface area contributed by atoms with E-state index in [4.69, 9.17) is 17.3 Å². The third kappa shape index (κ3) is 2.52. The van der Waals surface area contributed by atoms with Crippen LogP contribution < -0.4 is 11.1 Å². The molecule has 17 heavy (non-hydrogen) atoms. The molecule has 0 radical (unpaired) electrons. The van der Waals surface area contributed by atoms with Gasteiger partial charge in [-0.2, -0.15) is 0 Å². The predicted molar refractivity (Wildman–Crippen MR) is 75.5 cm³/mol. The van der Waals surface area contributed by atoms with Crippen LogP contribution in [0.1, 0.15) is 33.1 Å². The molecule has 2 nitrogen and oxygen atoms in total. The molecule has 0 aliphatic heterocycles. The second-order valence-corrected chi connectivity index (χ2v) is 5.47. The van der Waals surface area contributed by atoms with Crippen molar-refractivity contribution >= 4 is 23.0 Å². The van der Waals surface area contributed by atoms with Gasteiger partial charge in [0.1, 0.15) is 0 Å². The van der Waals surface area contributed by atoms with Gasteiger partial charge in [0, 0.05) is 6.04 Å². The van der Waals surface area contributed by atoms with E-state index in [9.17, 15) is 0 Å². The highest BCUT2D eigenvalue weighted by atomic mass is 35.5. The Labute approximate surface area is 109 Å². The van der Waals surface area contributed by atoms with Gasteiger partial charge in [-0.1, -0.05) is 37.9 Å². The molecule has 3 N–H and O–H groups in total. The fraction of sp³-hybridized carbons (Fsp3) is 0.571. The van der Waals surface area contributed by atoms with Gasteiger partial charge in [0.05, 0.1) is 16.4 Å². The number of nitrogens with one attached hydrogen (secondary N) is 1. The van der Waals surface area contributed by atoms with Crippen LogP contribution in [-0.2, 0) is 0 Å². The smallest absolute Gasteiger partial charge is 0.0765 e. The number of nitrogens with two attached hydrogens (primary N) is 1. The van der Waals surface area contributed by atoms with Crippen molar-refractivity contribution < 1.29 is 0 Å². The normalized spacial score (nSPS) is 28.3. The molecule has 1 fully saturated rings. The van der Waals surface area contributed by atoms with E-state index in [1.807, 2.05) is 18.2 Å². The molecular formula is C14H21ClN2. The van der Waals surface area contributed by atoms with E-state index in [1.54, 1.807) is 0 Å². The summed E-state index contributed by atoms with van der Waals surface area (Å²) in [7, 11) is 0. The van der Waals surface area contributed by atoms with E-state index in [2.05, 4.69) is 19.2 Å². The zero-order valence-electron chi connectivity index (χ0n) is 10.5. The van der Waals surface area contributed by atoms with Gasteiger partial charge < -0.3 is 11.1 Å². The lowest BCUT2D eigenvalue weighted by Gasteiger charge is -2.23. The van der Waals surface area contributed by atoms with Crippen molar-refractivity contribution in [3.8, 4) is 0 Å². The summed E-state index contributed by atoms with van der Waals surface area (Å²) in [6.45, 7) is 4.60. The maximum atomic E-state index is 6.18. The van der Waals surface area contributed by atoms with Crippen molar-refractivity contribution in [3.63, 3.8) is 0 Å². The molecule has 94 valence electrons. The zero-order chi connectivity index (χ0) is 12.4. The minimum atomic E-state index is 0.502. The molecule has 3 heteroatoms. The maximum absolute atomic E-state index is 6.18. The van der Waals surface area contributed by atoms with Gasteiger partial charge in [0.25, 0.3) is 0 Å². The Kier molecular flexibility index (Phi) is 3.82. The van der Waals surface area contributed by atoms with E-state index in [0.29, 0.717) is 12.0 Å². The summed E-state index contributed by atoms with van der Waals surface area (Å²) in [6.07, 6.45) is 3.78. The van der Waals surface area contributed by atoms with E-state index in [0.717, 1.165) is 22.3 Å². The molecule has 0 spiro atoms. The highest BCUT2D eigenvalue weighted by Crippen LogP contribution is 2.38. The van der Waals surface area contributed by atoms with Crippen LogP contribution in [0.4, 0.5) is 11.4 Å². The number of benzene rings is 1. The third-order valence-corrected chi connectivity index (χ3v) is 4.44. The molecule has 3 atom stereocenters. The first kappa shape index (κ1) is 12.6. The Morgan fingerprint density at radius 1 is 1.41 bits per heavy atom. The van der Waals surface area contributed by atoms with Crippen LogP contribution in [0.3, 0.4) is 0 Å². The van der Waals surface area contributed by atoms with Gasteiger partial charge in [-0.05, 0) is 36.8 Å². The molecule has 3 unspecified atom stereocenters. The number of rotatable bonds is 3. The molecule has 1 aromatic carbocycles. The molecule has 0 bridgehead atoms. The summed E-state index contributed by atoms with van der Waals surface area (Å²) in [4.78, 5) is 0. The number of halogens is 1. The number of para-hydroxylation sites is 1. The molecule has 1 aromatic rings. The lowest BCUT2D eigenvalue weighted by atomic mass is 9.93. The molecular weight excluding hydrogens is 232 g/mol. The number of anilines is 2. The summed E-state index contributed by atoms with van der Waals surface area (Å²) in [6, 6.07) is 6.17. The molecule has 0 heterocycles. The van der Waals surface area contributed by atoms with Gasteiger partial charge in [-0.3, -0.25) is 0 Å². The van der Waals surface area contributed by atoms with Crippen LogP contribution in [0, 0.1) is 11.8 Å². The first-order valence-electron chi connectivity index (χ1n) is 6.44. The second kappa shape index (κ2) is 5.18. The zero-order valence-corrected chi connectivity index (χ0v) is 11.3. The quantitative estimate of drug-likeness (QED) is 0.793. The summed E-state index contributed by atoms with van der Waals surface area (Å²) in [5.41, 5.74) is 7.61. The van der Waals surface area contributed by atoms with Gasteiger partial charge in [0.15, 0.2) is 0 Å². The predicted octanol–water partition coefficient (Wildman–Crippen LogP) is 4.16.